The third-order valence-electron chi connectivity index (χ3n) is 6.05. The SMILES string of the molecule is Cc1cc(COc2ccc(S(=O)(=O)NC3(C(=O)NO)CN(C(=O)C(C)C)C3)cc2)c2ccccc2n1. The van der Waals surface area contributed by atoms with Crippen LogP contribution in [0.3, 0.4) is 0 Å². The number of carbonyl (C=O) groups excluding carboxylic acids is 2. The highest BCUT2D eigenvalue weighted by molar-refractivity contribution is 7.89. The smallest absolute Gasteiger partial charge is 0.268 e. The number of sulfonamides is 1. The molecule has 1 fully saturated rings. The second-order valence-corrected chi connectivity index (χ2v) is 10.9. The molecule has 1 aliphatic heterocycles. The fraction of sp³-hybridized carbons (Fsp3) is 0.320. The second-order valence-electron chi connectivity index (χ2n) is 9.18. The van der Waals surface area contributed by atoms with E-state index in [0.717, 1.165) is 22.2 Å². The number of hydrogen-bond acceptors (Lipinski definition) is 7. The van der Waals surface area contributed by atoms with Gasteiger partial charge in [-0.1, -0.05) is 32.0 Å². The molecule has 1 aromatic heterocycles. The number of nitrogens with zero attached hydrogens (tertiary/aromatic N) is 2. The minimum absolute atomic E-state index is 0.0844. The van der Waals surface area contributed by atoms with Gasteiger partial charge in [0, 0.05) is 22.6 Å². The zero-order valence-electron chi connectivity index (χ0n) is 20.2. The largest absolute Gasteiger partial charge is 0.489 e. The minimum atomic E-state index is -4.15. The summed E-state index contributed by atoms with van der Waals surface area (Å²) >= 11 is 0. The molecule has 10 nitrogen and oxygen atoms in total. The first-order chi connectivity index (χ1) is 17.0. The number of rotatable bonds is 8. The molecule has 3 N–H and O–H groups in total. The van der Waals surface area contributed by atoms with Gasteiger partial charge in [-0.2, -0.15) is 4.72 Å². The lowest BCUT2D eigenvalue weighted by molar-refractivity contribution is -0.152. The van der Waals surface area contributed by atoms with Crippen LogP contribution in [0.2, 0.25) is 0 Å². The van der Waals surface area contributed by atoms with Crippen LogP contribution < -0.4 is 14.9 Å². The Balaban J connectivity index is 1.47. The van der Waals surface area contributed by atoms with E-state index in [0.29, 0.717) is 5.75 Å². The van der Waals surface area contributed by atoms with Gasteiger partial charge >= 0.3 is 0 Å². The molecule has 0 saturated carbocycles. The molecule has 2 amide bonds. The van der Waals surface area contributed by atoms with Crippen molar-refractivity contribution < 1.29 is 28.0 Å². The first kappa shape index (κ1) is 25.5. The van der Waals surface area contributed by atoms with Gasteiger partial charge in [-0.05, 0) is 43.3 Å². The van der Waals surface area contributed by atoms with Crippen LogP contribution in [-0.2, 0) is 26.2 Å². The highest BCUT2D eigenvalue weighted by atomic mass is 32.2. The summed E-state index contributed by atoms with van der Waals surface area (Å²) in [5.41, 5.74) is 2.53. The fourth-order valence-electron chi connectivity index (χ4n) is 4.19. The molecule has 1 saturated heterocycles. The Labute approximate surface area is 209 Å². The number of likely N-dealkylation sites (tertiary alicyclic amines) is 1. The number of ether oxygens (including phenoxy) is 1. The van der Waals surface area contributed by atoms with Gasteiger partial charge in [0.05, 0.1) is 23.5 Å². The highest BCUT2D eigenvalue weighted by Crippen LogP contribution is 2.27. The standard InChI is InChI=1S/C25H28N4O6S/c1-16(2)23(30)29-14-25(15-29,24(31)27-32)28-36(33,34)20-10-8-19(9-11-20)35-13-18-12-17(3)26-22-7-5-4-6-21(18)22/h4-12,16,28,32H,13-15H2,1-3H3,(H,27,31). The summed E-state index contributed by atoms with van der Waals surface area (Å²) in [4.78, 5) is 30.3. The maximum atomic E-state index is 13.0. The number of carbonyl (C=O) groups is 2. The number of aryl methyl sites for hydroxylation is 1. The number of hydroxylamine groups is 1. The van der Waals surface area contributed by atoms with Crippen molar-refractivity contribution in [3.63, 3.8) is 0 Å². The normalized spacial score (nSPS) is 15.0. The van der Waals surface area contributed by atoms with Crippen LogP contribution in [0.25, 0.3) is 10.9 Å². The van der Waals surface area contributed by atoms with Gasteiger partial charge in [-0.25, -0.2) is 13.9 Å². The van der Waals surface area contributed by atoms with Crippen molar-refractivity contribution in [1.29, 1.82) is 0 Å². The van der Waals surface area contributed by atoms with Crippen LogP contribution in [0.4, 0.5) is 0 Å². The number of benzene rings is 2. The van der Waals surface area contributed by atoms with Crippen LogP contribution in [-0.4, -0.2) is 54.0 Å². The summed E-state index contributed by atoms with van der Waals surface area (Å²) in [7, 11) is -4.15. The Morgan fingerprint density at radius 2 is 1.81 bits per heavy atom. The summed E-state index contributed by atoms with van der Waals surface area (Å²) in [5, 5.41) is 10.1. The van der Waals surface area contributed by atoms with Crippen molar-refractivity contribution in [2.45, 2.75) is 37.8 Å². The average Bonchev–Trinajstić information content (AvgIpc) is 2.83. The van der Waals surface area contributed by atoms with Gasteiger partial charge in [0.2, 0.25) is 15.9 Å². The Morgan fingerprint density at radius 1 is 1.14 bits per heavy atom. The van der Waals surface area contributed by atoms with Crippen LogP contribution in [0, 0.1) is 12.8 Å². The summed E-state index contributed by atoms with van der Waals surface area (Å²) in [6.45, 7) is 5.23. The van der Waals surface area contributed by atoms with Gasteiger partial charge in [0.1, 0.15) is 17.9 Å². The molecule has 0 aliphatic carbocycles. The fourth-order valence-corrected chi connectivity index (χ4v) is 5.54. The molecule has 2 heterocycles. The lowest BCUT2D eigenvalue weighted by Crippen LogP contribution is -2.77. The van der Waals surface area contributed by atoms with Gasteiger partial charge in [0.15, 0.2) is 0 Å². The van der Waals surface area contributed by atoms with Gasteiger partial charge in [0.25, 0.3) is 5.91 Å². The van der Waals surface area contributed by atoms with Crippen molar-refractivity contribution in [3.8, 4) is 5.75 Å². The van der Waals surface area contributed by atoms with Crippen LogP contribution in [0.15, 0.2) is 59.5 Å². The number of nitrogens with one attached hydrogen (secondary N) is 2. The van der Waals surface area contributed by atoms with Crippen molar-refractivity contribution in [2.24, 2.45) is 5.92 Å². The Kier molecular flexibility index (Phi) is 6.98. The van der Waals surface area contributed by atoms with Crippen molar-refractivity contribution >= 4 is 32.7 Å². The average molecular weight is 513 g/mol. The minimum Gasteiger partial charge on any atom is -0.489 e. The topological polar surface area (TPSA) is 138 Å². The summed E-state index contributed by atoms with van der Waals surface area (Å²) < 4.78 is 34.3. The van der Waals surface area contributed by atoms with E-state index < -0.39 is 21.5 Å². The second kappa shape index (κ2) is 9.84. The molecular weight excluding hydrogens is 484 g/mol. The van der Waals surface area contributed by atoms with Crippen molar-refractivity contribution in [3.05, 3.63) is 65.9 Å². The van der Waals surface area contributed by atoms with E-state index in [9.17, 15) is 18.0 Å². The molecule has 0 spiro atoms. The van der Waals surface area contributed by atoms with Crippen molar-refractivity contribution in [1.82, 2.24) is 20.1 Å². The predicted octanol–water partition coefficient (Wildman–Crippen LogP) is 2.14. The Hall–Kier alpha value is -3.54. The Bertz CT molecular complexity index is 1400. The lowest BCUT2D eigenvalue weighted by Gasteiger charge is -2.48. The van der Waals surface area contributed by atoms with E-state index in [1.807, 2.05) is 37.3 Å². The van der Waals surface area contributed by atoms with E-state index in [2.05, 4.69) is 9.71 Å². The van der Waals surface area contributed by atoms with Gasteiger partial charge in [-0.3, -0.25) is 19.8 Å². The molecule has 1 aliphatic rings. The molecule has 4 rings (SSSR count). The zero-order valence-corrected chi connectivity index (χ0v) is 21.0. The lowest BCUT2D eigenvalue weighted by atomic mass is 9.89. The highest BCUT2D eigenvalue weighted by Gasteiger charge is 2.53. The maximum absolute atomic E-state index is 13.0. The van der Waals surface area contributed by atoms with Crippen LogP contribution in [0.1, 0.15) is 25.1 Å². The predicted molar refractivity (Wildman–Crippen MR) is 132 cm³/mol. The van der Waals surface area contributed by atoms with E-state index in [-0.39, 0.29) is 36.4 Å². The van der Waals surface area contributed by atoms with Crippen molar-refractivity contribution in [2.75, 3.05) is 13.1 Å². The van der Waals surface area contributed by atoms with E-state index >= 15 is 0 Å². The monoisotopic (exact) mass is 512 g/mol. The Morgan fingerprint density at radius 3 is 2.44 bits per heavy atom. The molecule has 36 heavy (non-hydrogen) atoms. The molecular formula is C25H28N4O6S. The zero-order chi connectivity index (χ0) is 26.1. The molecule has 3 aromatic rings. The molecule has 0 bridgehead atoms. The number of fused-ring (bicyclic) bond motifs is 1. The molecule has 11 heteroatoms. The number of para-hydroxylation sites is 1. The number of hydrogen-bond donors (Lipinski definition) is 3. The molecule has 190 valence electrons. The quantitative estimate of drug-likeness (QED) is 0.311. The summed E-state index contributed by atoms with van der Waals surface area (Å²) in [6, 6.07) is 15.5. The number of amides is 2. The first-order valence-corrected chi connectivity index (χ1v) is 12.9. The van der Waals surface area contributed by atoms with Crippen LogP contribution in [0.5, 0.6) is 5.75 Å². The summed E-state index contributed by atoms with van der Waals surface area (Å²) in [5.74, 6) is -0.987. The van der Waals surface area contributed by atoms with E-state index in [1.54, 1.807) is 13.8 Å². The number of pyridine rings is 1. The third-order valence-corrected chi connectivity index (χ3v) is 7.60. The third kappa shape index (κ3) is 5.03. The van der Waals surface area contributed by atoms with E-state index in [4.69, 9.17) is 9.94 Å². The number of aromatic nitrogens is 1. The molecule has 0 atom stereocenters. The molecule has 0 unspecified atom stereocenters. The van der Waals surface area contributed by atoms with Crippen LogP contribution >= 0.6 is 0 Å². The van der Waals surface area contributed by atoms with Gasteiger partial charge in [-0.15, -0.1) is 0 Å². The van der Waals surface area contributed by atoms with Gasteiger partial charge < -0.3 is 9.64 Å². The summed E-state index contributed by atoms with van der Waals surface area (Å²) in [6.07, 6.45) is 0. The first-order valence-electron chi connectivity index (χ1n) is 11.4. The molecule has 2 aromatic carbocycles. The molecule has 0 radical (unpaired) electrons. The maximum Gasteiger partial charge on any atom is 0.268 e. The van der Waals surface area contributed by atoms with E-state index in [1.165, 1.54) is 34.6 Å².